The van der Waals surface area contributed by atoms with Crippen LogP contribution in [-0.2, 0) is 24.5 Å². The SMILES string of the molecule is CCOc1ccc2c(c1)sc1nc(-c3ccccc3)c(COCc3cn(Cc4ccccc4Cl)nn3)n12. The van der Waals surface area contributed by atoms with Crippen LogP contribution < -0.4 is 4.74 Å². The zero-order chi connectivity index (χ0) is 25.2. The van der Waals surface area contributed by atoms with Crippen LogP contribution in [0.15, 0.2) is 79.0 Å². The Labute approximate surface area is 222 Å². The second-order valence-electron chi connectivity index (χ2n) is 8.55. The lowest BCUT2D eigenvalue weighted by atomic mass is 10.1. The van der Waals surface area contributed by atoms with Gasteiger partial charge >= 0.3 is 0 Å². The number of thiazole rings is 1. The molecule has 7 nitrogen and oxygen atoms in total. The van der Waals surface area contributed by atoms with Gasteiger partial charge in [0.15, 0.2) is 4.96 Å². The normalized spacial score (nSPS) is 11.5. The first kappa shape index (κ1) is 23.7. The molecule has 0 saturated carbocycles. The molecule has 0 saturated heterocycles. The average molecular weight is 530 g/mol. The lowest BCUT2D eigenvalue weighted by Gasteiger charge is -2.07. The lowest BCUT2D eigenvalue weighted by molar-refractivity contribution is 0.102. The van der Waals surface area contributed by atoms with Crippen molar-refractivity contribution in [1.29, 1.82) is 0 Å². The van der Waals surface area contributed by atoms with Gasteiger partial charge in [0.2, 0.25) is 0 Å². The van der Waals surface area contributed by atoms with Crippen LogP contribution in [0.25, 0.3) is 26.4 Å². The standard InChI is InChI=1S/C28H24ClN5O2S/c1-2-36-22-12-13-24-26(14-22)37-28-30-27(19-8-4-3-5-9-19)25(34(24)28)18-35-17-21-16-33(32-31-21)15-20-10-6-7-11-23(20)29/h3-14,16H,2,15,17-18H2,1H3. The predicted octanol–water partition coefficient (Wildman–Crippen LogP) is 6.62. The predicted molar refractivity (Wildman–Crippen MR) is 146 cm³/mol. The third-order valence-corrected chi connectivity index (χ3v) is 7.41. The molecule has 0 amide bonds. The van der Waals surface area contributed by atoms with Crippen LogP contribution in [-0.4, -0.2) is 31.0 Å². The maximum absolute atomic E-state index is 6.29. The van der Waals surface area contributed by atoms with Gasteiger partial charge in [-0.05, 0) is 36.8 Å². The molecule has 0 aliphatic carbocycles. The molecular weight excluding hydrogens is 506 g/mol. The highest BCUT2D eigenvalue weighted by molar-refractivity contribution is 7.23. The first-order valence-electron chi connectivity index (χ1n) is 12.0. The van der Waals surface area contributed by atoms with E-state index in [9.17, 15) is 0 Å². The summed E-state index contributed by atoms with van der Waals surface area (Å²) in [6.45, 7) is 3.89. The molecule has 6 rings (SSSR count). The zero-order valence-corrected chi connectivity index (χ0v) is 21.7. The van der Waals surface area contributed by atoms with Crippen molar-refractivity contribution in [3.8, 4) is 17.0 Å². The summed E-state index contributed by atoms with van der Waals surface area (Å²) in [7, 11) is 0. The molecule has 0 bridgehead atoms. The van der Waals surface area contributed by atoms with Crippen LogP contribution in [0.1, 0.15) is 23.9 Å². The molecule has 0 N–H and O–H groups in total. The Hall–Kier alpha value is -3.72. The molecule has 37 heavy (non-hydrogen) atoms. The van der Waals surface area contributed by atoms with Crippen molar-refractivity contribution in [2.45, 2.75) is 26.7 Å². The highest BCUT2D eigenvalue weighted by atomic mass is 35.5. The molecule has 3 heterocycles. The van der Waals surface area contributed by atoms with Crippen molar-refractivity contribution < 1.29 is 9.47 Å². The minimum atomic E-state index is 0.334. The van der Waals surface area contributed by atoms with E-state index in [2.05, 4.69) is 39.0 Å². The van der Waals surface area contributed by atoms with Crippen LogP contribution in [0.3, 0.4) is 0 Å². The highest BCUT2D eigenvalue weighted by Crippen LogP contribution is 2.35. The molecular formula is C28H24ClN5O2S. The molecule has 9 heteroatoms. The van der Waals surface area contributed by atoms with Crippen molar-refractivity contribution in [3.63, 3.8) is 0 Å². The van der Waals surface area contributed by atoms with Gasteiger partial charge in [-0.2, -0.15) is 0 Å². The molecule has 3 aromatic heterocycles. The fourth-order valence-electron chi connectivity index (χ4n) is 4.36. The third-order valence-electron chi connectivity index (χ3n) is 6.04. The Kier molecular flexibility index (Phi) is 6.61. The number of hydrogen-bond acceptors (Lipinski definition) is 6. The van der Waals surface area contributed by atoms with Crippen LogP contribution in [0.4, 0.5) is 0 Å². The van der Waals surface area contributed by atoms with Crippen LogP contribution in [0.5, 0.6) is 5.75 Å². The number of rotatable bonds is 9. The van der Waals surface area contributed by atoms with Crippen molar-refractivity contribution in [3.05, 3.63) is 101 Å². The first-order chi connectivity index (χ1) is 18.2. The quantitative estimate of drug-likeness (QED) is 0.210. The third kappa shape index (κ3) is 4.83. The summed E-state index contributed by atoms with van der Waals surface area (Å²) < 4.78 is 17.0. The Bertz CT molecular complexity index is 1670. The largest absolute Gasteiger partial charge is 0.494 e. The highest BCUT2D eigenvalue weighted by Gasteiger charge is 2.19. The van der Waals surface area contributed by atoms with Gasteiger partial charge in [-0.1, -0.05) is 76.7 Å². The number of imidazole rings is 1. The molecule has 0 spiro atoms. The van der Waals surface area contributed by atoms with Gasteiger partial charge in [-0.3, -0.25) is 4.40 Å². The van der Waals surface area contributed by atoms with Crippen LogP contribution in [0, 0.1) is 0 Å². The van der Waals surface area contributed by atoms with Gasteiger partial charge in [0.25, 0.3) is 0 Å². The first-order valence-corrected chi connectivity index (χ1v) is 13.2. The Morgan fingerprint density at radius 3 is 2.65 bits per heavy atom. The van der Waals surface area contributed by atoms with Gasteiger partial charge in [0.05, 0.1) is 54.2 Å². The summed E-state index contributed by atoms with van der Waals surface area (Å²) in [6.07, 6.45) is 1.89. The van der Waals surface area contributed by atoms with E-state index in [1.165, 1.54) is 0 Å². The van der Waals surface area contributed by atoms with Gasteiger partial charge < -0.3 is 9.47 Å². The number of aromatic nitrogens is 5. The average Bonchev–Trinajstić information content (AvgIpc) is 3.60. The summed E-state index contributed by atoms with van der Waals surface area (Å²) in [4.78, 5) is 5.92. The lowest BCUT2D eigenvalue weighted by Crippen LogP contribution is -2.01. The molecule has 3 aromatic carbocycles. The molecule has 186 valence electrons. The molecule has 0 radical (unpaired) electrons. The molecule has 0 aliphatic heterocycles. The molecule has 6 aromatic rings. The van der Waals surface area contributed by atoms with Gasteiger partial charge in [0, 0.05) is 10.6 Å². The summed E-state index contributed by atoms with van der Waals surface area (Å²) >= 11 is 7.94. The van der Waals surface area contributed by atoms with E-state index >= 15 is 0 Å². The minimum absolute atomic E-state index is 0.334. The smallest absolute Gasteiger partial charge is 0.195 e. The molecule has 0 atom stereocenters. The van der Waals surface area contributed by atoms with Crippen LogP contribution >= 0.6 is 22.9 Å². The summed E-state index contributed by atoms with van der Waals surface area (Å²) in [5, 5.41) is 9.23. The molecule has 0 unspecified atom stereocenters. The minimum Gasteiger partial charge on any atom is -0.494 e. The van der Waals surface area contributed by atoms with Crippen molar-refractivity contribution in [1.82, 2.24) is 24.4 Å². The number of ether oxygens (including phenoxy) is 2. The van der Waals surface area contributed by atoms with Gasteiger partial charge in [-0.25, -0.2) is 9.67 Å². The number of halogens is 1. The Balaban J connectivity index is 1.27. The maximum atomic E-state index is 6.29. The Morgan fingerprint density at radius 1 is 0.973 bits per heavy atom. The fraction of sp³-hybridized carbons (Fsp3) is 0.179. The number of fused-ring (bicyclic) bond motifs is 3. The van der Waals surface area contributed by atoms with Crippen molar-refractivity contribution in [2.24, 2.45) is 0 Å². The van der Waals surface area contributed by atoms with E-state index in [4.69, 9.17) is 26.1 Å². The van der Waals surface area contributed by atoms with E-state index in [1.54, 1.807) is 16.0 Å². The van der Waals surface area contributed by atoms with E-state index in [-0.39, 0.29) is 0 Å². The van der Waals surface area contributed by atoms with E-state index in [0.29, 0.717) is 31.4 Å². The molecule has 0 fully saturated rings. The maximum Gasteiger partial charge on any atom is 0.195 e. The number of benzene rings is 3. The zero-order valence-electron chi connectivity index (χ0n) is 20.2. The fourth-order valence-corrected chi connectivity index (χ4v) is 5.63. The van der Waals surface area contributed by atoms with Gasteiger partial charge in [0.1, 0.15) is 11.4 Å². The second-order valence-corrected chi connectivity index (χ2v) is 9.96. The monoisotopic (exact) mass is 529 g/mol. The van der Waals surface area contributed by atoms with E-state index in [0.717, 1.165) is 49.1 Å². The number of nitrogens with zero attached hydrogens (tertiary/aromatic N) is 5. The van der Waals surface area contributed by atoms with Gasteiger partial charge in [-0.15, -0.1) is 5.10 Å². The molecule has 0 aliphatic rings. The van der Waals surface area contributed by atoms with Crippen LogP contribution in [0.2, 0.25) is 5.02 Å². The van der Waals surface area contributed by atoms with E-state index in [1.807, 2.05) is 61.7 Å². The summed E-state index contributed by atoms with van der Waals surface area (Å²) in [5.41, 5.74) is 5.81. The van der Waals surface area contributed by atoms with Crippen molar-refractivity contribution in [2.75, 3.05) is 6.61 Å². The topological polar surface area (TPSA) is 66.5 Å². The summed E-state index contributed by atoms with van der Waals surface area (Å²) in [6, 6.07) is 24.1. The van der Waals surface area contributed by atoms with E-state index < -0.39 is 0 Å². The number of hydrogen-bond donors (Lipinski definition) is 0. The Morgan fingerprint density at radius 2 is 1.81 bits per heavy atom. The van der Waals surface area contributed by atoms with Crippen molar-refractivity contribution >= 4 is 38.1 Å². The summed E-state index contributed by atoms with van der Waals surface area (Å²) in [5.74, 6) is 0.862. The second kappa shape index (κ2) is 10.3.